The molecule has 3 rings (SSSR count). The highest BCUT2D eigenvalue weighted by Gasteiger charge is 2.17. The number of benzene rings is 1. The van der Waals surface area contributed by atoms with Crippen LogP contribution in [0, 0.1) is 0 Å². The average molecular weight is 304 g/mol. The number of carbonyl (C=O) groups excluding carboxylic acids is 2. The van der Waals surface area contributed by atoms with E-state index in [1.807, 2.05) is 18.2 Å². The quantitative estimate of drug-likeness (QED) is 0.910. The SMILES string of the molecule is Cl.O=C1Cc2cc(CNC(=O)c3cccnc3)ccc2N1. The van der Waals surface area contributed by atoms with Crippen LogP contribution in [-0.2, 0) is 17.8 Å². The summed E-state index contributed by atoms with van der Waals surface area (Å²) in [6.45, 7) is 0.426. The van der Waals surface area contributed by atoms with Gasteiger partial charge >= 0.3 is 0 Å². The van der Waals surface area contributed by atoms with E-state index in [-0.39, 0.29) is 24.2 Å². The highest BCUT2D eigenvalue weighted by molar-refractivity contribution is 5.99. The van der Waals surface area contributed by atoms with Crippen LogP contribution < -0.4 is 10.6 Å². The number of halogens is 1. The Balaban J connectivity index is 0.00000161. The number of aromatic nitrogens is 1. The van der Waals surface area contributed by atoms with Crippen molar-refractivity contribution in [3.8, 4) is 0 Å². The van der Waals surface area contributed by atoms with E-state index in [0.717, 1.165) is 16.8 Å². The molecule has 21 heavy (non-hydrogen) atoms. The molecule has 0 radical (unpaired) electrons. The molecule has 1 aliphatic rings. The number of nitrogens with one attached hydrogen (secondary N) is 2. The molecule has 2 amide bonds. The molecule has 1 aromatic carbocycles. The van der Waals surface area contributed by atoms with Crippen molar-refractivity contribution in [2.45, 2.75) is 13.0 Å². The van der Waals surface area contributed by atoms with Crippen molar-refractivity contribution < 1.29 is 9.59 Å². The number of pyridine rings is 1. The van der Waals surface area contributed by atoms with Crippen molar-refractivity contribution in [2.75, 3.05) is 5.32 Å². The zero-order chi connectivity index (χ0) is 13.9. The third-order valence-electron chi connectivity index (χ3n) is 3.17. The topological polar surface area (TPSA) is 71.1 Å². The Morgan fingerprint density at radius 1 is 1.33 bits per heavy atom. The van der Waals surface area contributed by atoms with Gasteiger partial charge in [0.15, 0.2) is 0 Å². The minimum Gasteiger partial charge on any atom is -0.348 e. The number of nitrogens with zero attached hydrogens (tertiary/aromatic N) is 1. The van der Waals surface area contributed by atoms with E-state index in [0.29, 0.717) is 18.5 Å². The van der Waals surface area contributed by atoms with Gasteiger partial charge in [-0.25, -0.2) is 0 Å². The van der Waals surface area contributed by atoms with Gasteiger partial charge in [0, 0.05) is 24.6 Å². The molecule has 6 heteroatoms. The van der Waals surface area contributed by atoms with E-state index in [2.05, 4.69) is 15.6 Å². The lowest BCUT2D eigenvalue weighted by Gasteiger charge is -2.06. The number of hydrogen-bond donors (Lipinski definition) is 2. The molecule has 1 aromatic heterocycles. The Kier molecular flexibility index (Phi) is 4.55. The molecular formula is C15H14ClN3O2. The number of amides is 2. The van der Waals surface area contributed by atoms with Gasteiger partial charge in [0.1, 0.15) is 0 Å². The molecule has 0 aliphatic carbocycles. The fourth-order valence-corrected chi connectivity index (χ4v) is 2.17. The average Bonchev–Trinajstić information content (AvgIpc) is 2.85. The summed E-state index contributed by atoms with van der Waals surface area (Å²) in [7, 11) is 0. The second-order valence-corrected chi connectivity index (χ2v) is 4.64. The maximum Gasteiger partial charge on any atom is 0.253 e. The predicted octanol–water partition coefficient (Wildman–Crippen LogP) is 1.93. The second-order valence-electron chi connectivity index (χ2n) is 4.64. The molecule has 0 unspecified atom stereocenters. The minimum atomic E-state index is -0.159. The summed E-state index contributed by atoms with van der Waals surface area (Å²) in [5.74, 6) is -0.149. The third-order valence-corrected chi connectivity index (χ3v) is 3.17. The monoisotopic (exact) mass is 303 g/mol. The van der Waals surface area contributed by atoms with Gasteiger partial charge in [0.2, 0.25) is 5.91 Å². The molecule has 0 saturated heterocycles. The standard InChI is InChI=1S/C15H13N3O2.ClH/c19-14-7-12-6-10(3-4-13(12)18-14)8-17-15(20)11-2-1-5-16-9-11;/h1-6,9H,7-8H2,(H,17,20)(H,18,19);1H. The summed E-state index contributed by atoms with van der Waals surface area (Å²) in [4.78, 5) is 27.1. The summed E-state index contributed by atoms with van der Waals surface area (Å²) in [6, 6.07) is 9.14. The molecular weight excluding hydrogens is 290 g/mol. The first kappa shape index (κ1) is 15.0. The Morgan fingerprint density at radius 3 is 2.95 bits per heavy atom. The lowest BCUT2D eigenvalue weighted by molar-refractivity contribution is -0.115. The Morgan fingerprint density at radius 2 is 2.19 bits per heavy atom. The van der Waals surface area contributed by atoms with Crippen LogP contribution in [0.15, 0.2) is 42.7 Å². The zero-order valence-corrected chi connectivity index (χ0v) is 11.9. The van der Waals surface area contributed by atoms with Crippen LogP contribution in [0.5, 0.6) is 0 Å². The minimum absolute atomic E-state index is 0. The lowest BCUT2D eigenvalue weighted by atomic mass is 10.1. The van der Waals surface area contributed by atoms with E-state index in [1.165, 1.54) is 6.20 Å². The summed E-state index contributed by atoms with van der Waals surface area (Å²) in [5, 5.41) is 5.61. The number of fused-ring (bicyclic) bond motifs is 1. The molecule has 0 spiro atoms. The maximum absolute atomic E-state index is 11.9. The fraction of sp³-hybridized carbons (Fsp3) is 0.133. The van der Waals surface area contributed by atoms with Crippen molar-refractivity contribution in [2.24, 2.45) is 0 Å². The van der Waals surface area contributed by atoms with Crippen molar-refractivity contribution in [1.29, 1.82) is 0 Å². The number of anilines is 1. The van der Waals surface area contributed by atoms with E-state index in [4.69, 9.17) is 0 Å². The van der Waals surface area contributed by atoms with Gasteiger partial charge in [-0.2, -0.15) is 0 Å². The van der Waals surface area contributed by atoms with Crippen molar-refractivity contribution >= 4 is 29.9 Å². The van der Waals surface area contributed by atoms with Gasteiger partial charge < -0.3 is 10.6 Å². The first-order chi connectivity index (χ1) is 9.72. The summed E-state index contributed by atoms with van der Waals surface area (Å²) in [5.41, 5.74) is 3.34. The molecule has 2 N–H and O–H groups in total. The van der Waals surface area contributed by atoms with Crippen LogP contribution in [0.25, 0.3) is 0 Å². The highest BCUT2D eigenvalue weighted by Crippen LogP contribution is 2.23. The fourth-order valence-electron chi connectivity index (χ4n) is 2.17. The van der Waals surface area contributed by atoms with Crippen LogP contribution in [0.2, 0.25) is 0 Å². The van der Waals surface area contributed by atoms with Gasteiger partial charge in [-0.05, 0) is 29.3 Å². The van der Waals surface area contributed by atoms with Gasteiger partial charge in [-0.15, -0.1) is 12.4 Å². The van der Waals surface area contributed by atoms with E-state index < -0.39 is 0 Å². The Bertz CT molecular complexity index is 674. The van der Waals surface area contributed by atoms with Crippen LogP contribution in [0.3, 0.4) is 0 Å². The molecule has 2 aromatic rings. The smallest absolute Gasteiger partial charge is 0.253 e. The highest BCUT2D eigenvalue weighted by atomic mass is 35.5. The van der Waals surface area contributed by atoms with Crippen LogP contribution in [-0.4, -0.2) is 16.8 Å². The van der Waals surface area contributed by atoms with Crippen molar-refractivity contribution in [1.82, 2.24) is 10.3 Å². The van der Waals surface area contributed by atoms with E-state index in [9.17, 15) is 9.59 Å². The third kappa shape index (κ3) is 3.38. The Hall–Kier alpha value is -2.40. The molecule has 5 nitrogen and oxygen atoms in total. The lowest BCUT2D eigenvalue weighted by Crippen LogP contribution is -2.22. The summed E-state index contributed by atoms with van der Waals surface area (Å²) in [6.07, 6.45) is 3.56. The van der Waals surface area contributed by atoms with E-state index in [1.54, 1.807) is 18.3 Å². The first-order valence-electron chi connectivity index (χ1n) is 6.32. The van der Waals surface area contributed by atoms with Gasteiger partial charge in [-0.3, -0.25) is 14.6 Å². The van der Waals surface area contributed by atoms with Crippen molar-refractivity contribution in [3.05, 3.63) is 59.4 Å². The number of hydrogen-bond acceptors (Lipinski definition) is 3. The summed E-state index contributed by atoms with van der Waals surface area (Å²) < 4.78 is 0. The summed E-state index contributed by atoms with van der Waals surface area (Å²) >= 11 is 0. The second kappa shape index (κ2) is 6.37. The van der Waals surface area contributed by atoms with Crippen molar-refractivity contribution in [3.63, 3.8) is 0 Å². The Labute approximate surface area is 128 Å². The molecule has 108 valence electrons. The van der Waals surface area contributed by atoms with Gasteiger partial charge in [0.25, 0.3) is 5.91 Å². The van der Waals surface area contributed by atoms with Crippen LogP contribution >= 0.6 is 12.4 Å². The molecule has 0 fully saturated rings. The van der Waals surface area contributed by atoms with Gasteiger partial charge in [-0.1, -0.05) is 12.1 Å². The first-order valence-corrected chi connectivity index (χ1v) is 6.32. The molecule has 0 bridgehead atoms. The zero-order valence-electron chi connectivity index (χ0n) is 11.1. The van der Waals surface area contributed by atoms with Crippen LogP contribution in [0.1, 0.15) is 21.5 Å². The number of carbonyl (C=O) groups is 2. The molecule has 0 saturated carbocycles. The molecule has 0 atom stereocenters. The predicted molar refractivity (Wildman–Crippen MR) is 81.4 cm³/mol. The molecule has 1 aliphatic heterocycles. The maximum atomic E-state index is 11.9. The largest absolute Gasteiger partial charge is 0.348 e. The van der Waals surface area contributed by atoms with Crippen LogP contribution in [0.4, 0.5) is 5.69 Å². The molecule has 2 heterocycles. The van der Waals surface area contributed by atoms with E-state index >= 15 is 0 Å². The van der Waals surface area contributed by atoms with Gasteiger partial charge in [0.05, 0.1) is 12.0 Å². The normalized spacial score (nSPS) is 12.1. The number of rotatable bonds is 3.